The van der Waals surface area contributed by atoms with E-state index in [1.807, 2.05) is 20.8 Å². The second kappa shape index (κ2) is 6.12. The van der Waals surface area contributed by atoms with Gasteiger partial charge >= 0.3 is 6.09 Å². The predicted octanol–water partition coefficient (Wildman–Crippen LogP) is 3.45. The first-order valence-corrected chi connectivity index (χ1v) is 7.29. The van der Waals surface area contributed by atoms with Crippen LogP contribution >= 0.6 is 0 Å². The van der Waals surface area contributed by atoms with Crippen LogP contribution in [0.1, 0.15) is 54.4 Å². The van der Waals surface area contributed by atoms with Crippen molar-refractivity contribution >= 4 is 6.09 Å². The summed E-state index contributed by atoms with van der Waals surface area (Å²) >= 11 is 0. The molecule has 1 aliphatic rings. The second-order valence-electron chi connectivity index (χ2n) is 6.89. The summed E-state index contributed by atoms with van der Waals surface area (Å²) in [7, 11) is 0. The highest BCUT2D eigenvalue weighted by Gasteiger charge is 2.40. The van der Waals surface area contributed by atoms with E-state index in [0.717, 1.165) is 26.0 Å². The maximum Gasteiger partial charge on any atom is 0.410 e. The number of carbonyl (C=O) groups is 1. The van der Waals surface area contributed by atoms with Gasteiger partial charge in [0.2, 0.25) is 0 Å². The second-order valence-corrected chi connectivity index (χ2v) is 6.89. The van der Waals surface area contributed by atoms with Crippen LogP contribution in [0.3, 0.4) is 0 Å². The molecule has 4 heteroatoms. The van der Waals surface area contributed by atoms with E-state index in [1.54, 1.807) is 4.90 Å². The van der Waals surface area contributed by atoms with E-state index in [0.29, 0.717) is 12.5 Å². The average molecular weight is 271 g/mol. The van der Waals surface area contributed by atoms with Gasteiger partial charge in [-0.15, -0.1) is 0 Å². The van der Waals surface area contributed by atoms with E-state index in [-0.39, 0.29) is 11.7 Å². The molecule has 0 saturated carbocycles. The summed E-state index contributed by atoms with van der Waals surface area (Å²) in [5, 5.41) is 0. The molecule has 1 saturated heterocycles. The van der Waals surface area contributed by atoms with Crippen LogP contribution in [0.4, 0.5) is 4.79 Å². The van der Waals surface area contributed by atoms with Crippen LogP contribution in [0, 0.1) is 5.92 Å². The Bertz CT molecular complexity index is 309. The Morgan fingerprint density at radius 2 is 2.00 bits per heavy atom. The molecule has 0 radical (unpaired) electrons. The molecular weight excluding hydrogens is 242 g/mol. The van der Waals surface area contributed by atoms with Crippen molar-refractivity contribution in [3.63, 3.8) is 0 Å². The lowest BCUT2D eigenvalue weighted by atomic mass is 9.99. The van der Waals surface area contributed by atoms with E-state index < -0.39 is 5.60 Å². The van der Waals surface area contributed by atoms with Crippen molar-refractivity contribution in [1.29, 1.82) is 0 Å². The van der Waals surface area contributed by atoms with Crippen molar-refractivity contribution in [3.05, 3.63) is 0 Å². The number of amides is 1. The molecule has 1 aliphatic heterocycles. The maximum absolute atomic E-state index is 12.1. The van der Waals surface area contributed by atoms with Crippen LogP contribution in [0.2, 0.25) is 0 Å². The normalized spacial score (nSPS) is 24.1. The van der Waals surface area contributed by atoms with Gasteiger partial charge in [-0.2, -0.15) is 0 Å². The van der Waals surface area contributed by atoms with Gasteiger partial charge in [-0.25, -0.2) is 4.79 Å². The van der Waals surface area contributed by atoms with Crippen LogP contribution in [-0.2, 0) is 9.47 Å². The molecule has 0 aromatic rings. The Hall–Kier alpha value is -0.770. The van der Waals surface area contributed by atoms with Gasteiger partial charge in [0.1, 0.15) is 5.60 Å². The lowest BCUT2D eigenvalue weighted by molar-refractivity contribution is -0.0530. The van der Waals surface area contributed by atoms with Crippen molar-refractivity contribution < 1.29 is 14.3 Å². The first-order valence-electron chi connectivity index (χ1n) is 7.29. The third-order valence-corrected chi connectivity index (χ3v) is 3.34. The van der Waals surface area contributed by atoms with Crippen LogP contribution in [-0.4, -0.2) is 41.9 Å². The molecule has 4 nitrogen and oxygen atoms in total. The zero-order chi connectivity index (χ0) is 14.7. The van der Waals surface area contributed by atoms with Gasteiger partial charge < -0.3 is 14.4 Å². The Labute approximate surface area is 117 Å². The lowest BCUT2D eigenvalue weighted by Gasteiger charge is -2.30. The smallest absolute Gasteiger partial charge is 0.410 e. The summed E-state index contributed by atoms with van der Waals surface area (Å²) in [6.07, 6.45) is 1.60. The molecule has 0 N–H and O–H groups in total. The molecule has 1 atom stereocenters. The SMILES string of the molecule is CCC1(OCC(C)C)CCN(C(=O)OC(C)(C)C)C1. The topological polar surface area (TPSA) is 38.8 Å². The third-order valence-electron chi connectivity index (χ3n) is 3.34. The van der Waals surface area contributed by atoms with Crippen LogP contribution in [0.5, 0.6) is 0 Å². The van der Waals surface area contributed by atoms with E-state index in [9.17, 15) is 4.79 Å². The van der Waals surface area contributed by atoms with E-state index >= 15 is 0 Å². The van der Waals surface area contributed by atoms with Gasteiger partial charge in [0.25, 0.3) is 0 Å². The molecule has 0 spiro atoms. The van der Waals surface area contributed by atoms with Crippen LogP contribution in [0.25, 0.3) is 0 Å². The zero-order valence-electron chi connectivity index (χ0n) is 13.3. The van der Waals surface area contributed by atoms with Gasteiger partial charge in [0.05, 0.1) is 12.1 Å². The highest BCUT2D eigenvalue weighted by molar-refractivity contribution is 5.68. The third kappa shape index (κ3) is 5.01. The number of hydrogen-bond acceptors (Lipinski definition) is 3. The van der Waals surface area contributed by atoms with Crippen molar-refractivity contribution in [1.82, 2.24) is 4.90 Å². The Morgan fingerprint density at radius 3 is 2.47 bits per heavy atom. The quantitative estimate of drug-likeness (QED) is 0.786. The molecule has 1 unspecified atom stereocenters. The Morgan fingerprint density at radius 1 is 1.37 bits per heavy atom. The van der Waals surface area contributed by atoms with Gasteiger partial charge in [0, 0.05) is 13.2 Å². The minimum Gasteiger partial charge on any atom is -0.444 e. The summed E-state index contributed by atoms with van der Waals surface area (Å²) in [5.41, 5.74) is -0.617. The summed E-state index contributed by atoms with van der Waals surface area (Å²) in [4.78, 5) is 13.8. The molecule has 1 fully saturated rings. The molecule has 19 heavy (non-hydrogen) atoms. The first-order chi connectivity index (χ1) is 8.67. The van der Waals surface area contributed by atoms with E-state index in [4.69, 9.17) is 9.47 Å². The first kappa shape index (κ1) is 16.3. The van der Waals surface area contributed by atoms with Gasteiger partial charge in [-0.1, -0.05) is 20.8 Å². The van der Waals surface area contributed by atoms with Crippen LogP contribution in [0.15, 0.2) is 0 Å². The Balaban J connectivity index is 2.57. The number of rotatable bonds is 4. The number of hydrogen-bond donors (Lipinski definition) is 0. The fraction of sp³-hybridized carbons (Fsp3) is 0.933. The van der Waals surface area contributed by atoms with Gasteiger partial charge in [-0.05, 0) is 39.5 Å². The molecule has 112 valence electrons. The standard InChI is InChI=1S/C15H29NO3/c1-7-15(18-10-12(2)3)8-9-16(11-15)13(17)19-14(4,5)6/h12H,7-11H2,1-6H3. The van der Waals surface area contributed by atoms with Gasteiger partial charge in [0.15, 0.2) is 0 Å². The largest absolute Gasteiger partial charge is 0.444 e. The minimum absolute atomic E-state index is 0.179. The molecular formula is C15H29NO3. The predicted molar refractivity (Wildman–Crippen MR) is 76.2 cm³/mol. The summed E-state index contributed by atoms with van der Waals surface area (Å²) in [6.45, 7) is 14.2. The van der Waals surface area contributed by atoms with Crippen molar-refractivity contribution in [2.75, 3.05) is 19.7 Å². The molecule has 0 aromatic carbocycles. The molecule has 1 heterocycles. The van der Waals surface area contributed by atoms with Crippen molar-refractivity contribution in [2.24, 2.45) is 5.92 Å². The number of likely N-dealkylation sites (tertiary alicyclic amines) is 1. The summed E-state index contributed by atoms with van der Waals surface area (Å²) < 4.78 is 11.5. The molecule has 0 bridgehead atoms. The lowest BCUT2D eigenvalue weighted by Crippen LogP contribution is -2.40. The Kier molecular flexibility index (Phi) is 5.25. The summed E-state index contributed by atoms with van der Waals surface area (Å²) in [6, 6.07) is 0. The number of ether oxygens (including phenoxy) is 2. The monoisotopic (exact) mass is 271 g/mol. The van der Waals surface area contributed by atoms with Crippen LogP contribution < -0.4 is 0 Å². The van der Waals surface area contributed by atoms with Crippen molar-refractivity contribution in [3.8, 4) is 0 Å². The number of nitrogens with zero attached hydrogens (tertiary/aromatic N) is 1. The number of carbonyl (C=O) groups excluding carboxylic acids is 1. The van der Waals surface area contributed by atoms with E-state index in [2.05, 4.69) is 20.8 Å². The fourth-order valence-corrected chi connectivity index (χ4v) is 2.18. The highest BCUT2D eigenvalue weighted by Crippen LogP contribution is 2.30. The summed E-state index contributed by atoms with van der Waals surface area (Å²) in [5.74, 6) is 0.513. The molecule has 1 rings (SSSR count). The van der Waals surface area contributed by atoms with Gasteiger partial charge in [-0.3, -0.25) is 0 Å². The van der Waals surface area contributed by atoms with Crippen molar-refractivity contribution in [2.45, 2.75) is 65.6 Å². The minimum atomic E-state index is -0.437. The molecule has 1 amide bonds. The highest BCUT2D eigenvalue weighted by atomic mass is 16.6. The molecule has 0 aliphatic carbocycles. The maximum atomic E-state index is 12.1. The van der Waals surface area contributed by atoms with E-state index in [1.165, 1.54) is 0 Å². The fourth-order valence-electron chi connectivity index (χ4n) is 2.18. The zero-order valence-corrected chi connectivity index (χ0v) is 13.3. The average Bonchev–Trinajstić information content (AvgIpc) is 2.69. The molecule has 0 aromatic heterocycles.